The van der Waals surface area contributed by atoms with Gasteiger partial charge in [-0.3, -0.25) is 0 Å². The standard InChI is InChI=1S/C4H11BNO/c1-4(2,6)3-5-7/h7H,3,6H2,1-2H3. The van der Waals surface area contributed by atoms with Crippen molar-refractivity contribution in [3.8, 4) is 0 Å². The third-order valence-electron chi connectivity index (χ3n) is 0.617. The highest BCUT2D eigenvalue weighted by Crippen LogP contribution is 2.00. The monoisotopic (exact) mass is 100 g/mol. The first-order chi connectivity index (χ1) is 3.06. The zero-order valence-corrected chi connectivity index (χ0v) is 4.81. The summed E-state index contributed by atoms with van der Waals surface area (Å²) < 4.78 is 0. The summed E-state index contributed by atoms with van der Waals surface area (Å²) in [6.07, 6.45) is 0.549. The molecule has 0 unspecified atom stereocenters. The van der Waals surface area contributed by atoms with Gasteiger partial charge < -0.3 is 10.8 Å². The number of nitrogens with two attached hydrogens (primary N) is 1. The Kier molecular flexibility index (Phi) is 2.33. The fourth-order valence-electron chi connectivity index (χ4n) is 0.235. The molecule has 0 bridgehead atoms. The third kappa shape index (κ3) is 5.98. The molecule has 0 aliphatic carbocycles. The lowest BCUT2D eigenvalue weighted by Crippen LogP contribution is -2.32. The van der Waals surface area contributed by atoms with E-state index < -0.39 is 0 Å². The highest BCUT2D eigenvalue weighted by molar-refractivity contribution is 6.25. The van der Waals surface area contributed by atoms with Crippen LogP contribution in [0.4, 0.5) is 0 Å². The Morgan fingerprint density at radius 2 is 2.14 bits per heavy atom. The number of rotatable bonds is 2. The summed E-state index contributed by atoms with van der Waals surface area (Å²) in [7, 11) is 1.08. The predicted octanol–water partition coefficient (Wildman–Crippen LogP) is -0.246. The Bertz CT molecular complexity index is 50.1. The quantitative estimate of drug-likeness (QED) is 0.470. The average molecular weight is 99.9 g/mol. The van der Waals surface area contributed by atoms with Gasteiger partial charge in [0.25, 0.3) is 7.48 Å². The van der Waals surface area contributed by atoms with Crippen LogP contribution in [0.2, 0.25) is 6.32 Å². The van der Waals surface area contributed by atoms with E-state index in [0.717, 1.165) is 7.48 Å². The molecule has 0 spiro atoms. The van der Waals surface area contributed by atoms with Crippen molar-refractivity contribution in [2.75, 3.05) is 0 Å². The maximum Gasteiger partial charge on any atom is 0.289 e. The molecule has 0 aliphatic heterocycles. The largest absolute Gasteiger partial charge is 0.454 e. The fourth-order valence-corrected chi connectivity index (χ4v) is 0.235. The second-order valence-corrected chi connectivity index (χ2v) is 2.38. The zero-order chi connectivity index (χ0) is 5.91. The second kappa shape index (κ2) is 2.33. The molecule has 0 saturated carbocycles. The van der Waals surface area contributed by atoms with Crippen molar-refractivity contribution in [1.29, 1.82) is 0 Å². The Hall–Kier alpha value is -0.0151. The van der Waals surface area contributed by atoms with Crippen LogP contribution in [0.1, 0.15) is 13.8 Å². The molecule has 41 valence electrons. The van der Waals surface area contributed by atoms with Crippen LogP contribution < -0.4 is 5.73 Å². The topological polar surface area (TPSA) is 46.2 Å². The van der Waals surface area contributed by atoms with Crippen molar-refractivity contribution in [3.63, 3.8) is 0 Å². The molecule has 0 heterocycles. The van der Waals surface area contributed by atoms with E-state index in [4.69, 9.17) is 10.8 Å². The Balaban J connectivity index is 3.15. The van der Waals surface area contributed by atoms with Crippen molar-refractivity contribution >= 4 is 7.48 Å². The molecule has 1 radical (unpaired) electrons. The molecule has 3 heteroatoms. The first kappa shape index (κ1) is 6.98. The van der Waals surface area contributed by atoms with E-state index in [1.54, 1.807) is 0 Å². The molecule has 7 heavy (non-hydrogen) atoms. The van der Waals surface area contributed by atoms with Crippen LogP contribution in [0.3, 0.4) is 0 Å². The lowest BCUT2D eigenvalue weighted by atomic mass is 9.83. The summed E-state index contributed by atoms with van der Waals surface area (Å²) >= 11 is 0. The van der Waals surface area contributed by atoms with E-state index in [0.29, 0.717) is 6.32 Å². The van der Waals surface area contributed by atoms with Gasteiger partial charge in [-0.2, -0.15) is 0 Å². The van der Waals surface area contributed by atoms with Gasteiger partial charge in [0, 0.05) is 5.54 Å². The van der Waals surface area contributed by atoms with Crippen molar-refractivity contribution in [2.45, 2.75) is 25.7 Å². The van der Waals surface area contributed by atoms with Gasteiger partial charge in [-0.25, -0.2) is 0 Å². The lowest BCUT2D eigenvalue weighted by Gasteiger charge is -2.14. The molecule has 2 nitrogen and oxygen atoms in total. The molecule has 0 aromatic rings. The average Bonchev–Trinajstić information content (AvgIpc) is 1.30. The first-order valence-corrected chi connectivity index (χ1v) is 2.31. The van der Waals surface area contributed by atoms with Gasteiger partial charge in [0.05, 0.1) is 0 Å². The van der Waals surface area contributed by atoms with Crippen molar-refractivity contribution < 1.29 is 5.02 Å². The van der Waals surface area contributed by atoms with Crippen molar-refractivity contribution in [3.05, 3.63) is 0 Å². The highest BCUT2D eigenvalue weighted by Gasteiger charge is 2.08. The van der Waals surface area contributed by atoms with Gasteiger partial charge in [-0.05, 0) is 20.2 Å². The van der Waals surface area contributed by atoms with E-state index >= 15 is 0 Å². The van der Waals surface area contributed by atoms with Crippen molar-refractivity contribution in [1.82, 2.24) is 0 Å². The van der Waals surface area contributed by atoms with Gasteiger partial charge in [-0.15, -0.1) is 0 Å². The Morgan fingerprint density at radius 3 is 2.14 bits per heavy atom. The Morgan fingerprint density at radius 1 is 1.71 bits per heavy atom. The molecule has 0 saturated heterocycles. The summed E-state index contributed by atoms with van der Waals surface area (Å²) in [4.78, 5) is 0. The SMILES string of the molecule is CC(C)(N)C[B]O. The summed E-state index contributed by atoms with van der Waals surface area (Å²) in [6, 6.07) is 0. The first-order valence-electron chi connectivity index (χ1n) is 2.31. The van der Waals surface area contributed by atoms with Crippen LogP contribution in [0.25, 0.3) is 0 Å². The molecule has 0 aliphatic rings. The zero-order valence-electron chi connectivity index (χ0n) is 4.81. The van der Waals surface area contributed by atoms with Gasteiger partial charge in [0.15, 0.2) is 0 Å². The third-order valence-corrected chi connectivity index (χ3v) is 0.617. The van der Waals surface area contributed by atoms with Crippen LogP contribution in [-0.4, -0.2) is 18.0 Å². The summed E-state index contributed by atoms with van der Waals surface area (Å²) in [5, 5.41) is 8.20. The molecule has 0 aromatic carbocycles. The van der Waals surface area contributed by atoms with E-state index in [-0.39, 0.29) is 5.54 Å². The minimum Gasteiger partial charge on any atom is -0.454 e. The van der Waals surface area contributed by atoms with Crippen molar-refractivity contribution in [2.24, 2.45) is 5.73 Å². The van der Waals surface area contributed by atoms with Gasteiger partial charge in [-0.1, -0.05) is 0 Å². The van der Waals surface area contributed by atoms with Gasteiger partial charge in [0.2, 0.25) is 0 Å². The Labute approximate surface area is 45.0 Å². The predicted molar refractivity (Wildman–Crippen MR) is 31.0 cm³/mol. The highest BCUT2D eigenvalue weighted by atomic mass is 16.2. The summed E-state index contributed by atoms with van der Waals surface area (Å²) in [5.41, 5.74) is 5.20. The molecular weight excluding hydrogens is 88.9 g/mol. The molecule has 3 N–H and O–H groups in total. The summed E-state index contributed by atoms with van der Waals surface area (Å²) in [6.45, 7) is 3.72. The van der Waals surface area contributed by atoms with Crippen LogP contribution in [0.5, 0.6) is 0 Å². The maximum atomic E-state index is 8.20. The number of hydrogen-bond donors (Lipinski definition) is 2. The van der Waals surface area contributed by atoms with Gasteiger partial charge >= 0.3 is 0 Å². The maximum absolute atomic E-state index is 8.20. The molecular formula is C4H11BNO. The minimum atomic E-state index is -0.255. The lowest BCUT2D eigenvalue weighted by molar-refractivity contribution is 0.529. The minimum absolute atomic E-state index is 0.255. The van der Waals surface area contributed by atoms with E-state index in [1.807, 2.05) is 13.8 Å². The number of hydrogen-bond acceptors (Lipinski definition) is 2. The molecule has 0 amide bonds. The van der Waals surface area contributed by atoms with E-state index in [1.165, 1.54) is 0 Å². The summed E-state index contributed by atoms with van der Waals surface area (Å²) in [5.74, 6) is 0. The van der Waals surface area contributed by atoms with Gasteiger partial charge in [0.1, 0.15) is 0 Å². The fraction of sp³-hybridized carbons (Fsp3) is 1.00. The van der Waals surface area contributed by atoms with Crippen LogP contribution in [0, 0.1) is 0 Å². The van der Waals surface area contributed by atoms with Crippen LogP contribution in [-0.2, 0) is 0 Å². The molecule has 0 aromatic heterocycles. The molecule has 0 atom stereocenters. The normalized spacial score (nSPS) is 11.4. The van der Waals surface area contributed by atoms with E-state index in [9.17, 15) is 0 Å². The van der Waals surface area contributed by atoms with E-state index in [2.05, 4.69) is 0 Å². The second-order valence-electron chi connectivity index (χ2n) is 2.38. The smallest absolute Gasteiger partial charge is 0.289 e. The van der Waals surface area contributed by atoms with Crippen LogP contribution in [0.15, 0.2) is 0 Å². The molecule has 0 fully saturated rings. The van der Waals surface area contributed by atoms with Crippen LogP contribution >= 0.6 is 0 Å². The molecule has 0 rings (SSSR count).